The largest absolute Gasteiger partial charge is 0.488 e. The monoisotopic (exact) mass is 276 g/mol. The van der Waals surface area contributed by atoms with Crippen LogP contribution in [0.3, 0.4) is 0 Å². The van der Waals surface area contributed by atoms with Crippen LogP contribution in [0.25, 0.3) is 0 Å². The zero-order chi connectivity index (χ0) is 13.8. The van der Waals surface area contributed by atoms with E-state index in [0.717, 1.165) is 11.1 Å². The Bertz CT molecular complexity index is 600. The summed E-state index contributed by atoms with van der Waals surface area (Å²) in [6.07, 6.45) is 1.60. The lowest BCUT2D eigenvalue weighted by Gasteiger charge is -2.04. The van der Waals surface area contributed by atoms with Crippen molar-refractivity contribution in [2.75, 3.05) is 11.2 Å². The molecule has 0 aliphatic rings. The Labute approximate surface area is 114 Å². The van der Waals surface area contributed by atoms with Gasteiger partial charge in [-0.05, 0) is 23.5 Å². The predicted octanol–water partition coefficient (Wildman–Crippen LogP) is 0.160. The normalized spacial score (nSPS) is 10.9. The van der Waals surface area contributed by atoms with E-state index >= 15 is 0 Å². The highest BCUT2D eigenvalue weighted by Crippen LogP contribution is 2.16. The third-order valence-electron chi connectivity index (χ3n) is 2.49. The Morgan fingerprint density at radius 1 is 1.47 bits per heavy atom. The quantitative estimate of drug-likeness (QED) is 0.362. The first-order valence-corrected chi connectivity index (χ1v) is 6.41. The maximum absolute atomic E-state index is 9.12. The molecule has 5 N–H and O–H groups in total. The van der Waals surface area contributed by atoms with Crippen molar-refractivity contribution in [2.24, 2.45) is 5.10 Å². The maximum Gasteiger partial charge on any atom is 0.488 e. The molecule has 0 amide bonds. The van der Waals surface area contributed by atoms with E-state index < -0.39 is 7.12 Å². The molecule has 0 saturated heterocycles. The van der Waals surface area contributed by atoms with Crippen LogP contribution in [0.5, 0.6) is 0 Å². The van der Waals surface area contributed by atoms with Gasteiger partial charge in [0.1, 0.15) is 5.82 Å². The molecule has 0 bridgehead atoms. The molecule has 0 unspecified atom stereocenters. The smallest absolute Gasteiger partial charge is 0.423 e. The molecule has 0 spiro atoms. The van der Waals surface area contributed by atoms with E-state index in [0.29, 0.717) is 16.4 Å². The summed E-state index contributed by atoms with van der Waals surface area (Å²) in [5.74, 6) is 0.448. The number of benzene rings is 1. The molecule has 1 heterocycles. The predicted molar refractivity (Wildman–Crippen MR) is 78.7 cm³/mol. The van der Waals surface area contributed by atoms with E-state index in [9.17, 15) is 0 Å². The van der Waals surface area contributed by atoms with Crippen molar-refractivity contribution < 1.29 is 10.0 Å². The molecule has 1 aromatic carbocycles. The third-order valence-corrected chi connectivity index (χ3v) is 3.25. The molecule has 0 aliphatic heterocycles. The van der Waals surface area contributed by atoms with Crippen LogP contribution in [0.1, 0.15) is 11.1 Å². The lowest BCUT2D eigenvalue weighted by molar-refractivity contribution is 0.426. The molecule has 98 valence electrons. The molecule has 1 aromatic heterocycles. The van der Waals surface area contributed by atoms with Gasteiger partial charge in [-0.1, -0.05) is 18.2 Å². The van der Waals surface area contributed by atoms with Crippen molar-refractivity contribution in [2.45, 2.75) is 6.92 Å². The second kappa shape index (κ2) is 5.83. The SMILES string of the molecule is Cc1ccc(B(O)O)cc1C=NNc1nc(N)cs1. The van der Waals surface area contributed by atoms with Gasteiger partial charge < -0.3 is 15.8 Å². The molecule has 19 heavy (non-hydrogen) atoms. The zero-order valence-electron chi connectivity index (χ0n) is 10.2. The fourth-order valence-corrected chi connectivity index (χ4v) is 2.00. The first kappa shape index (κ1) is 13.5. The summed E-state index contributed by atoms with van der Waals surface area (Å²) in [5, 5.41) is 24.6. The van der Waals surface area contributed by atoms with Gasteiger partial charge >= 0.3 is 7.12 Å². The third kappa shape index (κ3) is 3.54. The summed E-state index contributed by atoms with van der Waals surface area (Å²) in [7, 11) is -1.49. The topological polar surface area (TPSA) is 104 Å². The first-order valence-electron chi connectivity index (χ1n) is 5.53. The van der Waals surface area contributed by atoms with Gasteiger partial charge in [-0.3, -0.25) is 5.43 Å². The molecule has 0 saturated carbocycles. The number of hydrogen-bond acceptors (Lipinski definition) is 7. The van der Waals surface area contributed by atoms with E-state index in [-0.39, 0.29) is 0 Å². The van der Waals surface area contributed by atoms with Crippen LogP contribution in [-0.2, 0) is 0 Å². The van der Waals surface area contributed by atoms with Crippen molar-refractivity contribution in [1.29, 1.82) is 0 Å². The Hall–Kier alpha value is -1.90. The second-order valence-corrected chi connectivity index (χ2v) is 4.80. The lowest BCUT2D eigenvalue weighted by atomic mass is 9.79. The maximum atomic E-state index is 9.12. The molecule has 0 fully saturated rings. The Morgan fingerprint density at radius 2 is 2.26 bits per heavy atom. The number of nitrogens with two attached hydrogens (primary N) is 1. The number of nitrogens with zero attached hydrogens (tertiary/aromatic N) is 2. The number of aromatic nitrogens is 1. The molecule has 0 radical (unpaired) electrons. The van der Waals surface area contributed by atoms with Gasteiger partial charge in [-0.25, -0.2) is 4.98 Å². The average Bonchev–Trinajstić information content (AvgIpc) is 2.77. The Morgan fingerprint density at radius 3 is 2.89 bits per heavy atom. The van der Waals surface area contributed by atoms with Crippen molar-refractivity contribution >= 4 is 41.1 Å². The van der Waals surface area contributed by atoms with Crippen molar-refractivity contribution in [1.82, 2.24) is 4.98 Å². The van der Waals surface area contributed by atoms with Crippen LogP contribution in [0.4, 0.5) is 10.9 Å². The minimum atomic E-state index is -1.49. The Balaban J connectivity index is 2.11. The highest BCUT2D eigenvalue weighted by Gasteiger charge is 2.11. The van der Waals surface area contributed by atoms with Crippen LogP contribution < -0.4 is 16.6 Å². The number of thiazole rings is 1. The fourth-order valence-electron chi connectivity index (χ4n) is 1.45. The van der Waals surface area contributed by atoms with E-state index in [1.165, 1.54) is 11.3 Å². The zero-order valence-corrected chi connectivity index (χ0v) is 11.1. The minimum Gasteiger partial charge on any atom is -0.423 e. The van der Waals surface area contributed by atoms with Crippen molar-refractivity contribution in [3.8, 4) is 0 Å². The highest BCUT2D eigenvalue weighted by atomic mass is 32.1. The Kier molecular flexibility index (Phi) is 4.15. The van der Waals surface area contributed by atoms with E-state index in [1.807, 2.05) is 6.92 Å². The average molecular weight is 276 g/mol. The van der Waals surface area contributed by atoms with Crippen LogP contribution in [0.2, 0.25) is 0 Å². The van der Waals surface area contributed by atoms with Gasteiger partial charge in [-0.2, -0.15) is 5.10 Å². The molecular weight excluding hydrogens is 263 g/mol. The number of nitrogen functional groups attached to an aromatic ring is 1. The van der Waals surface area contributed by atoms with E-state index in [1.54, 1.807) is 29.8 Å². The van der Waals surface area contributed by atoms with E-state index in [4.69, 9.17) is 15.8 Å². The van der Waals surface area contributed by atoms with Gasteiger partial charge in [0.05, 0.1) is 6.21 Å². The lowest BCUT2D eigenvalue weighted by Crippen LogP contribution is -2.30. The number of aryl methyl sites for hydroxylation is 1. The molecule has 6 nitrogen and oxygen atoms in total. The van der Waals surface area contributed by atoms with E-state index in [2.05, 4.69) is 15.5 Å². The van der Waals surface area contributed by atoms with Gasteiger partial charge in [0, 0.05) is 5.38 Å². The second-order valence-electron chi connectivity index (χ2n) is 3.94. The van der Waals surface area contributed by atoms with Crippen molar-refractivity contribution in [3.63, 3.8) is 0 Å². The summed E-state index contributed by atoms with van der Waals surface area (Å²) in [6.45, 7) is 1.91. The molecule has 0 atom stereocenters. The molecule has 8 heteroatoms. The van der Waals surface area contributed by atoms with Crippen LogP contribution in [0.15, 0.2) is 28.7 Å². The van der Waals surface area contributed by atoms with Crippen molar-refractivity contribution in [3.05, 3.63) is 34.7 Å². The van der Waals surface area contributed by atoms with Gasteiger partial charge in [-0.15, -0.1) is 11.3 Å². The molecule has 2 aromatic rings. The molecule has 0 aliphatic carbocycles. The fraction of sp³-hybridized carbons (Fsp3) is 0.0909. The van der Waals surface area contributed by atoms with Crippen LogP contribution in [-0.4, -0.2) is 28.4 Å². The summed E-state index contributed by atoms with van der Waals surface area (Å²) < 4.78 is 0. The molecule has 2 rings (SSSR count). The van der Waals surface area contributed by atoms with Gasteiger partial charge in [0.15, 0.2) is 0 Å². The number of hydrogen-bond donors (Lipinski definition) is 4. The number of hydrazone groups is 1. The first-order chi connectivity index (χ1) is 9.06. The summed E-state index contributed by atoms with van der Waals surface area (Å²) in [5.41, 5.74) is 10.4. The molecular formula is C11H13BN4O2S. The van der Waals surface area contributed by atoms with Crippen LogP contribution in [0, 0.1) is 6.92 Å². The van der Waals surface area contributed by atoms with Gasteiger partial charge in [0.2, 0.25) is 5.13 Å². The summed E-state index contributed by atoms with van der Waals surface area (Å²) in [6, 6.07) is 5.13. The highest BCUT2D eigenvalue weighted by molar-refractivity contribution is 7.14. The summed E-state index contributed by atoms with van der Waals surface area (Å²) in [4.78, 5) is 4.00. The van der Waals surface area contributed by atoms with Crippen LogP contribution >= 0.6 is 11.3 Å². The summed E-state index contributed by atoms with van der Waals surface area (Å²) >= 11 is 1.36. The number of nitrogens with one attached hydrogen (secondary N) is 1. The minimum absolute atomic E-state index is 0.422. The number of rotatable bonds is 4. The van der Waals surface area contributed by atoms with Gasteiger partial charge in [0.25, 0.3) is 0 Å². The number of anilines is 2. The standard InChI is InChI=1S/C11H13BN4O2S/c1-7-2-3-9(12(17)18)4-8(7)5-14-16-11-15-10(13)6-19-11/h2-6,17-18H,13H2,1H3,(H,15,16).